The molecule has 1 aliphatic heterocycles. The minimum absolute atomic E-state index is 0.0556. The summed E-state index contributed by atoms with van der Waals surface area (Å²) in [5, 5.41) is 5.97. The first kappa shape index (κ1) is 13.0. The van der Waals surface area contributed by atoms with Crippen molar-refractivity contribution in [2.75, 3.05) is 19.6 Å². The number of rotatable bonds is 6. The van der Waals surface area contributed by atoms with Crippen molar-refractivity contribution in [1.29, 1.82) is 0 Å². The monoisotopic (exact) mass is 226 g/mol. The molecule has 0 aliphatic carbocycles. The Morgan fingerprint density at radius 3 is 3.00 bits per heavy atom. The summed E-state index contributed by atoms with van der Waals surface area (Å²) < 4.78 is 5.38. The van der Waals surface area contributed by atoms with Crippen LogP contribution >= 0.6 is 0 Å². The smallest absolute Gasteiger partial charge is 0.233 e. The molecular formula is C12H22N2O2. The van der Waals surface area contributed by atoms with E-state index in [-0.39, 0.29) is 12.0 Å². The van der Waals surface area contributed by atoms with Crippen LogP contribution in [0.15, 0.2) is 12.3 Å². The van der Waals surface area contributed by atoms with Gasteiger partial charge in [0.25, 0.3) is 0 Å². The number of amides is 1. The van der Waals surface area contributed by atoms with Crippen LogP contribution in [0.2, 0.25) is 0 Å². The van der Waals surface area contributed by atoms with Gasteiger partial charge < -0.3 is 15.4 Å². The first-order valence-electron chi connectivity index (χ1n) is 5.96. The second-order valence-corrected chi connectivity index (χ2v) is 4.54. The maximum Gasteiger partial charge on any atom is 0.233 e. The van der Waals surface area contributed by atoms with E-state index in [2.05, 4.69) is 24.5 Å². The van der Waals surface area contributed by atoms with Gasteiger partial charge in [-0.1, -0.05) is 13.8 Å². The average molecular weight is 226 g/mol. The zero-order valence-corrected chi connectivity index (χ0v) is 10.2. The van der Waals surface area contributed by atoms with Gasteiger partial charge in [-0.15, -0.1) is 0 Å². The van der Waals surface area contributed by atoms with Gasteiger partial charge in [0.15, 0.2) is 0 Å². The molecule has 1 atom stereocenters. The van der Waals surface area contributed by atoms with Gasteiger partial charge in [0.05, 0.1) is 12.8 Å². The normalized spacial score (nSPS) is 19.6. The molecule has 2 N–H and O–H groups in total. The van der Waals surface area contributed by atoms with Crippen LogP contribution in [0.5, 0.6) is 0 Å². The summed E-state index contributed by atoms with van der Waals surface area (Å²) >= 11 is 0. The zero-order valence-electron chi connectivity index (χ0n) is 10.2. The Kier molecular flexibility index (Phi) is 5.93. The highest BCUT2D eigenvalue weighted by Crippen LogP contribution is 2.08. The Hall–Kier alpha value is -1.03. The van der Waals surface area contributed by atoms with Gasteiger partial charge in [-0.3, -0.25) is 4.79 Å². The average Bonchev–Trinajstić information content (AvgIpc) is 2.28. The number of hydrogen-bond donors (Lipinski definition) is 2. The van der Waals surface area contributed by atoms with Gasteiger partial charge in [-0.25, -0.2) is 0 Å². The highest BCUT2D eigenvalue weighted by atomic mass is 16.5. The molecule has 0 aromatic heterocycles. The first-order chi connectivity index (χ1) is 7.68. The van der Waals surface area contributed by atoms with Crippen LogP contribution in [0, 0.1) is 5.92 Å². The van der Waals surface area contributed by atoms with Crippen LogP contribution in [0.3, 0.4) is 0 Å². The quantitative estimate of drug-likeness (QED) is 0.711. The maximum atomic E-state index is 11.4. The van der Waals surface area contributed by atoms with E-state index in [0.29, 0.717) is 12.5 Å². The van der Waals surface area contributed by atoms with Crippen molar-refractivity contribution in [3.05, 3.63) is 12.3 Å². The molecule has 0 saturated heterocycles. The van der Waals surface area contributed by atoms with E-state index in [1.165, 1.54) is 0 Å². The van der Waals surface area contributed by atoms with Crippen LogP contribution in [-0.4, -0.2) is 31.6 Å². The minimum Gasteiger partial charge on any atom is -0.497 e. The molecule has 92 valence electrons. The number of hydrogen-bond acceptors (Lipinski definition) is 3. The highest BCUT2D eigenvalue weighted by molar-refractivity contribution is 5.77. The lowest BCUT2D eigenvalue weighted by atomic mass is 10.1. The third-order valence-electron chi connectivity index (χ3n) is 2.39. The van der Waals surface area contributed by atoms with E-state index in [4.69, 9.17) is 4.74 Å². The summed E-state index contributed by atoms with van der Waals surface area (Å²) in [7, 11) is 0. The Morgan fingerprint density at radius 1 is 1.56 bits per heavy atom. The van der Waals surface area contributed by atoms with E-state index in [9.17, 15) is 4.79 Å². The molecular weight excluding hydrogens is 204 g/mol. The molecule has 1 amide bonds. The fourth-order valence-electron chi connectivity index (χ4n) is 1.46. The molecule has 1 heterocycles. The Bertz CT molecular complexity index is 239. The Morgan fingerprint density at radius 2 is 2.38 bits per heavy atom. The van der Waals surface area contributed by atoms with Crippen LogP contribution in [-0.2, 0) is 9.53 Å². The fraction of sp³-hybridized carbons (Fsp3) is 0.750. The maximum absolute atomic E-state index is 11.4. The van der Waals surface area contributed by atoms with Crippen LogP contribution < -0.4 is 10.6 Å². The first-order valence-corrected chi connectivity index (χ1v) is 5.96. The second-order valence-electron chi connectivity index (χ2n) is 4.54. The van der Waals surface area contributed by atoms with Crippen LogP contribution in [0.25, 0.3) is 0 Å². The molecule has 0 aromatic rings. The topological polar surface area (TPSA) is 50.4 Å². The molecule has 16 heavy (non-hydrogen) atoms. The van der Waals surface area contributed by atoms with Crippen LogP contribution in [0.1, 0.15) is 26.7 Å². The summed E-state index contributed by atoms with van der Waals surface area (Å²) in [5.74, 6) is 0.552. The molecule has 1 rings (SSSR count). The van der Waals surface area contributed by atoms with Gasteiger partial charge >= 0.3 is 0 Å². The molecule has 1 aliphatic rings. The molecule has 0 radical (unpaired) electrons. The van der Waals surface area contributed by atoms with E-state index in [1.807, 2.05) is 6.08 Å². The SMILES string of the molecule is CC(C)CNC(=O)CNCC1CCC=CO1. The molecule has 4 nitrogen and oxygen atoms in total. The molecule has 1 unspecified atom stereocenters. The number of ether oxygens (including phenoxy) is 1. The second kappa shape index (κ2) is 7.28. The van der Waals surface area contributed by atoms with Crippen molar-refractivity contribution in [2.24, 2.45) is 5.92 Å². The third kappa shape index (κ3) is 5.75. The number of carbonyl (C=O) groups is 1. The van der Waals surface area contributed by atoms with Gasteiger partial charge in [0.1, 0.15) is 6.10 Å². The van der Waals surface area contributed by atoms with Gasteiger partial charge in [0, 0.05) is 13.1 Å². The van der Waals surface area contributed by atoms with Crippen molar-refractivity contribution in [1.82, 2.24) is 10.6 Å². The van der Waals surface area contributed by atoms with E-state index in [1.54, 1.807) is 6.26 Å². The molecule has 4 heteroatoms. The Balaban J connectivity index is 2.01. The number of nitrogens with one attached hydrogen (secondary N) is 2. The Labute approximate surface area is 97.4 Å². The lowest BCUT2D eigenvalue weighted by Crippen LogP contribution is -2.39. The van der Waals surface area contributed by atoms with Gasteiger partial charge in [0.2, 0.25) is 5.91 Å². The van der Waals surface area contributed by atoms with E-state index in [0.717, 1.165) is 25.9 Å². The molecule has 0 spiro atoms. The van der Waals surface area contributed by atoms with Crippen molar-refractivity contribution in [3.8, 4) is 0 Å². The zero-order chi connectivity index (χ0) is 11.8. The largest absolute Gasteiger partial charge is 0.497 e. The molecule has 0 saturated carbocycles. The molecule has 0 bridgehead atoms. The fourth-order valence-corrected chi connectivity index (χ4v) is 1.46. The van der Waals surface area contributed by atoms with E-state index >= 15 is 0 Å². The van der Waals surface area contributed by atoms with Crippen molar-refractivity contribution in [3.63, 3.8) is 0 Å². The highest BCUT2D eigenvalue weighted by Gasteiger charge is 2.10. The van der Waals surface area contributed by atoms with Crippen molar-refractivity contribution in [2.45, 2.75) is 32.8 Å². The lowest BCUT2D eigenvalue weighted by molar-refractivity contribution is -0.120. The van der Waals surface area contributed by atoms with Gasteiger partial charge in [-0.2, -0.15) is 0 Å². The third-order valence-corrected chi connectivity index (χ3v) is 2.39. The number of allylic oxidation sites excluding steroid dienone is 1. The summed E-state index contributed by atoms with van der Waals surface area (Å²) in [6.45, 7) is 6.00. The standard InChI is InChI=1S/C12H22N2O2/c1-10(2)7-14-12(15)9-13-8-11-5-3-4-6-16-11/h4,6,10-11,13H,3,5,7-9H2,1-2H3,(H,14,15). The van der Waals surface area contributed by atoms with E-state index < -0.39 is 0 Å². The lowest BCUT2D eigenvalue weighted by Gasteiger charge is -2.19. The summed E-state index contributed by atoms with van der Waals surface area (Å²) in [6, 6.07) is 0. The predicted molar refractivity (Wildman–Crippen MR) is 64.0 cm³/mol. The summed E-state index contributed by atoms with van der Waals surface area (Å²) in [5.41, 5.74) is 0. The predicted octanol–water partition coefficient (Wildman–Crippen LogP) is 1.04. The minimum atomic E-state index is 0.0556. The van der Waals surface area contributed by atoms with Gasteiger partial charge in [-0.05, 0) is 24.8 Å². The summed E-state index contributed by atoms with van der Waals surface area (Å²) in [4.78, 5) is 11.4. The number of carbonyl (C=O) groups excluding carboxylic acids is 1. The van der Waals surface area contributed by atoms with Crippen molar-refractivity contribution >= 4 is 5.91 Å². The summed E-state index contributed by atoms with van der Waals surface area (Å²) in [6.07, 6.45) is 6.06. The van der Waals surface area contributed by atoms with Crippen molar-refractivity contribution < 1.29 is 9.53 Å². The molecule has 0 fully saturated rings. The van der Waals surface area contributed by atoms with Crippen LogP contribution in [0.4, 0.5) is 0 Å². The molecule has 0 aromatic carbocycles.